The highest BCUT2D eigenvalue weighted by molar-refractivity contribution is 5.94. The Balaban J connectivity index is 1.47. The molecule has 0 unspecified atom stereocenters. The van der Waals surface area contributed by atoms with Gasteiger partial charge in [-0.15, -0.1) is 0 Å². The number of carbonyl (C=O) groups is 1. The molecule has 2 aliphatic rings. The van der Waals surface area contributed by atoms with Gasteiger partial charge in [0.15, 0.2) is 5.69 Å². The lowest BCUT2D eigenvalue weighted by Gasteiger charge is -2.25. The Bertz CT molecular complexity index is 774. The van der Waals surface area contributed by atoms with E-state index in [2.05, 4.69) is 26.7 Å². The summed E-state index contributed by atoms with van der Waals surface area (Å²) in [6.45, 7) is 4.45. The summed E-state index contributed by atoms with van der Waals surface area (Å²) in [6.07, 6.45) is 3.18. The molecule has 4 rings (SSSR count). The standard InChI is InChI=1S/C17H23N5O2/c1-9-6-13-15(10(2)24-9)19-20-16(13)17(23)18-8-12-7-14(11-4-5-11)21-22(12)3/h7,9-11H,4-6,8H2,1-3H3,(H,18,23)(H,19,20)/t9-,10+/m1/s1. The largest absolute Gasteiger partial charge is 0.369 e. The maximum Gasteiger partial charge on any atom is 0.272 e. The van der Waals surface area contributed by atoms with Crippen molar-refractivity contribution >= 4 is 5.91 Å². The first kappa shape index (κ1) is 15.4. The van der Waals surface area contributed by atoms with Gasteiger partial charge in [-0.25, -0.2) is 0 Å². The molecule has 0 saturated heterocycles. The number of hydrogen-bond donors (Lipinski definition) is 2. The molecule has 2 atom stereocenters. The molecule has 24 heavy (non-hydrogen) atoms. The van der Waals surface area contributed by atoms with Crippen molar-refractivity contribution < 1.29 is 9.53 Å². The molecular weight excluding hydrogens is 306 g/mol. The number of hydrogen-bond acceptors (Lipinski definition) is 4. The van der Waals surface area contributed by atoms with Gasteiger partial charge in [-0.1, -0.05) is 0 Å². The molecule has 3 heterocycles. The number of aromatic amines is 1. The lowest BCUT2D eigenvalue weighted by Crippen LogP contribution is -2.28. The Labute approximate surface area is 140 Å². The van der Waals surface area contributed by atoms with Crippen LogP contribution in [0.2, 0.25) is 0 Å². The third-order valence-corrected chi connectivity index (χ3v) is 4.87. The number of ether oxygens (including phenoxy) is 1. The predicted molar refractivity (Wildman–Crippen MR) is 87.6 cm³/mol. The van der Waals surface area contributed by atoms with Crippen molar-refractivity contribution in [3.8, 4) is 0 Å². The van der Waals surface area contributed by atoms with Crippen LogP contribution in [-0.4, -0.2) is 32.0 Å². The van der Waals surface area contributed by atoms with Crippen LogP contribution in [0.5, 0.6) is 0 Å². The molecular formula is C17H23N5O2. The Kier molecular flexibility index (Phi) is 3.68. The molecule has 2 aromatic rings. The van der Waals surface area contributed by atoms with Gasteiger partial charge in [-0.3, -0.25) is 14.6 Å². The maximum absolute atomic E-state index is 12.6. The van der Waals surface area contributed by atoms with Crippen LogP contribution in [-0.2, 0) is 24.8 Å². The lowest BCUT2D eigenvalue weighted by molar-refractivity contribution is -0.00697. The summed E-state index contributed by atoms with van der Waals surface area (Å²) in [4.78, 5) is 12.6. The minimum Gasteiger partial charge on any atom is -0.369 e. The Morgan fingerprint density at radius 1 is 1.46 bits per heavy atom. The molecule has 1 aliphatic carbocycles. The summed E-state index contributed by atoms with van der Waals surface area (Å²) >= 11 is 0. The number of H-pyrrole nitrogens is 1. The molecule has 128 valence electrons. The Hall–Kier alpha value is -2.15. The highest BCUT2D eigenvalue weighted by Gasteiger charge is 2.30. The van der Waals surface area contributed by atoms with E-state index >= 15 is 0 Å². The van der Waals surface area contributed by atoms with Crippen molar-refractivity contribution in [2.75, 3.05) is 0 Å². The summed E-state index contributed by atoms with van der Waals surface area (Å²) in [5.41, 5.74) is 4.52. The minimum atomic E-state index is -0.150. The van der Waals surface area contributed by atoms with Crippen LogP contribution in [0.25, 0.3) is 0 Å². The second-order valence-electron chi connectivity index (χ2n) is 6.90. The van der Waals surface area contributed by atoms with Crippen molar-refractivity contribution in [3.05, 3.63) is 34.4 Å². The second-order valence-corrected chi connectivity index (χ2v) is 6.90. The first-order valence-electron chi connectivity index (χ1n) is 8.56. The molecule has 7 nitrogen and oxygen atoms in total. The van der Waals surface area contributed by atoms with E-state index in [0.717, 1.165) is 22.6 Å². The van der Waals surface area contributed by atoms with E-state index in [1.165, 1.54) is 12.8 Å². The molecule has 0 spiro atoms. The van der Waals surface area contributed by atoms with Gasteiger partial charge in [-0.05, 0) is 32.8 Å². The number of aryl methyl sites for hydroxylation is 1. The number of carbonyl (C=O) groups excluding carboxylic acids is 1. The number of nitrogens with one attached hydrogen (secondary N) is 2. The van der Waals surface area contributed by atoms with Gasteiger partial charge in [0, 0.05) is 24.9 Å². The van der Waals surface area contributed by atoms with Gasteiger partial charge in [0.2, 0.25) is 0 Å². The van der Waals surface area contributed by atoms with Gasteiger partial charge >= 0.3 is 0 Å². The van der Waals surface area contributed by atoms with Crippen molar-refractivity contribution in [3.63, 3.8) is 0 Å². The van der Waals surface area contributed by atoms with Crippen LogP contribution in [0.15, 0.2) is 6.07 Å². The molecule has 0 aromatic carbocycles. The van der Waals surface area contributed by atoms with E-state index in [0.29, 0.717) is 24.6 Å². The third kappa shape index (κ3) is 2.73. The van der Waals surface area contributed by atoms with Crippen LogP contribution in [0, 0.1) is 0 Å². The third-order valence-electron chi connectivity index (χ3n) is 4.87. The van der Waals surface area contributed by atoms with E-state index in [1.807, 2.05) is 25.6 Å². The van der Waals surface area contributed by atoms with E-state index in [1.54, 1.807) is 0 Å². The quantitative estimate of drug-likeness (QED) is 0.898. The molecule has 1 saturated carbocycles. The van der Waals surface area contributed by atoms with Crippen molar-refractivity contribution in [1.82, 2.24) is 25.3 Å². The summed E-state index contributed by atoms with van der Waals surface area (Å²) in [5, 5.41) is 14.7. The minimum absolute atomic E-state index is 0.0593. The normalized spacial score (nSPS) is 23.1. The number of amides is 1. The van der Waals surface area contributed by atoms with E-state index < -0.39 is 0 Å². The average Bonchev–Trinajstić information content (AvgIpc) is 3.19. The molecule has 0 radical (unpaired) electrons. The summed E-state index contributed by atoms with van der Waals surface area (Å²) < 4.78 is 7.62. The van der Waals surface area contributed by atoms with E-state index in [9.17, 15) is 4.79 Å². The molecule has 2 aromatic heterocycles. The van der Waals surface area contributed by atoms with Gasteiger partial charge in [-0.2, -0.15) is 10.2 Å². The fourth-order valence-corrected chi connectivity index (χ4v) is 3.39. The van der Waals surface area contributed by atoms with E-state index in [4.69, 9.17) is 4.74 Å². The topological polar surface area (TPSA) is 84.8 Å². The molecule has 1 fully saturated rings. The van der Waals surface area contributed by atoms with Crippen LogP contribution in [0.4, 0.5) is 0 Å². The summed E-state index contributed by atoms with van der Waals surface area (Å²) in [7, 11) is 1.92. The van der Waals surface area contributed by atoms with Crippen LogP contribution in [0.3, 0.4) is 0 Å². The average molecular weight is 329 g/mol. The Morgan fingerprint density at radius 3 is 3.00 bits per heavy atom. The molecule has 1 aliphatic heterocycles. The van der Waals surface area contributed by atoms with Crippen LogP contribution in [0.1, 0.15) is 71.8 Å². The molecule has 2 N–H and O–H groups in total. The number of aromatic nitrogens is 4. The highest BCUT2D eigenvalue weighted by Crippen LogP contribution is 2.39. The van der Waals surface area contributed by atoms with Crippen LogP contribution >= 0.6 is 0 Å². The maximum atomic E-state index is 12.6. The van der Waals surface area contributed by atoms with Gasteiger partial charge in [0.05, 0.1) is 35.8 Å². The van der Waals surface area contributed by atoms with Gasteiger partial charge in [0.25, 0.3) is 5.91 Å². The zero-order valence-electron chi connectivity index (χ0n) is 14.3. The first-order valence-corrected chi connectivity index (χ1v) is 8.56. The summed E-state index contributed by atoms with van der Waals surface area (Å²) in [6, 6.07) is 2.09. The second kappa shape index (κ2) is 5.73. The highest BCUT2D eigenvalue weighted by atomic mass is 16.5. The SMILES string of the molecule is C[C@@H]1Cc2c(C(=O)NCc3cc(C4CC4)nn3C)n[nH]c2[C@H](C)O1. The number of fused-ring (bicyclic) bond motifs is 1. The van der Waals surface area contributed by atoms with Crippen molar-refractivity contribution in [1.29, 1.82) is 0 Å². The molecule has 1 amide bonds. The lowest BCUT2D eigenvalue weighted by atomic mass is 9.99. The predicted octanol–water partition coefficient (Wildman–Crippen LogP) is 1.97. The monoisotopic (exact) mass is 329 g/mol. The first-order chi connectivity index (χ1) is 11.5. The summed E-state index contributed by atoms with van der Waals surface area (Å²) in [5.74, 6) is 0.463. The fourth-order valence-electron chi connectivity index (χ4n) is 3.39. The number of nitrogens with zero attached hydrogens (tertiary/aromatic N) is 3. The van der Waals surface area contributed by atoms with Crippen molar-refractivity contribution in [2.24, 2.45) is 7.05 Å². The van der Waals surface area contributed by atoms with Crippen LogP contribution < -0.4 is 5.32 Å². The zero-order valence-corrected chi connectivity index (χ0v) is 14.3. The van der Waals surface area contributed by atoms with Crippen molar-refractivity contribution in [2.45, 2.75) is 57.8 Å². The fraction of sp³-hybridized carbons (Fsp3) is 0.588. The zero-order chi connectivity index (χ0) is 16.8. The smallest absolute Gasteiger partial charge is 0.272 e. The Morgan fingerprint density at radius 2 is 2.25 bits per heavy atom. The molecule has 7 heteroatoms. The number of rotatable bonds is 4. The van der Waals surface area contributed by atoms with E-state index in [-0.39, 0.29) is 18.1 Å². The van der Waals surface area contributed by atoms with Gasteiger partial charge in [0.1, 0.15) is 0 Å². The molecule has 0 bridgehead atoms. The van der Waals surface area contributed by atoms with Gasteiger partial charge < -0.3 is 10.1 Å².